The van der Waals surface area contributed by atoms with Crippen LogP contribution in [0.4, 0.5) is 20.3 Å². The number of amides is 3. The first-order chi connectivity index (χ1) is 15.3. The van der Waals surface area contributed by atoms with Gasteiger partial charge in [-0.15, -0.1) is 11.3 Å². The van der Waals surface area contributed by atoms with Crippen LogP contribution in [0.5, 0.6) is 0 Å². The second-order valence-electron chi connectivity index (χ2n) is 6.89. The van der Waals surface area contributed by atoms with E-state index in [1.807, 2.05) is 0 Å². The van der Waals surface area contributed by atoms with Crippen LogP contribution in [0.1, 0.15) is 30.4 Å². The maximum atomic E-state index is 14.0. The minimum absolute atomic E-state index is 0.0926. The van der Waals surface area contributed by atoms with E-state index in [2.05, 4.69) is 10.3 Å². The van der Waals surface area contributed by atoms with Gasteiger partial charge in [0, 0.05) is 29.7 Å². The number of primary amides is 1. The number of anilines is 2. The Labute approximate surface area is 184 Å². The minimum Gasteiger partial charge on any atom is -0.365 e. The van der Waals surface area contributed by atoms with E-state index in [1.54, 1.807) is 35.7 Å². The summed E-state index contributed by atoms with van der Waals surface area (Å²) in [4.78, 5) is 41.7. The Hall–Kier alpha value is -4.05. The van der Waals surface area contributed by atoms with Gasteiger partial charge < -0.3 is 20.9 Å². The lowest BCUT2D eigenvalue weighted by Crippen LogP contribution is -2.27. The highest BCUT2D eigenvalue weighted by Crippen LogP contribution is 2.30. The maximum Gasteiger partial charge on any atom is 0.266 e. The topological polar surface area (TPSA) is 108 Å². The number of nitrogens with two attached hydrogens (primary N) is 1. The molecule has 0 atom stereocenters. The lowest BCUT2D eigenvalue weighted by atomic mass is 10.1. The largest absolute Gasteiger partial charge is 0.365 e. The third kappa shape index (κ3) is 3.83. The third-order valence-electron chi connectivity index (χ3n) is 4.87. The zero-order chi connectivity index (χ0) is 23.0. The lowest BCUT2D eigenvalue weighted by Gasteiger charge is -2.18. The summed E-state index contributed by atoms with van der Waals surface area (Å²) in [6.07, 6.45) is 0. The Morgan fingerprint density at radius 1 is 1.09 bits per heavy atom. The van der Waals surface area contributed by atoms with Gasteiger partial charge in [0.1, 0.15) is 17.5 Å². The van der Waals surface area contributed by atoms with E-state index in [0.717, 1.165) is 12.1 Å². The standard InChI is InChI=1S/C22H16F2N4O3S/c1-28(22(31)13-6-4-11(23)9-15(13)24)12-5-7-14-16(10-12)26-20(18(14)19(25)29)27-21(30)17-3-2-8-32-17/h2-10,26H,1H3,(H2,25,29)(H,27,30). The number of hydrogen-bond acceptors (Lipinski definition) is 4. The Morgan fingerprint density at radius 3 is 2.53 bits per heavy atom. The Bertz CT molecular complexity index is 1370. The number of carbonyl (C=O) groups excluding carboxylic acids is 3. The Morgan fingerprint density at radius 2 is 1.88 bits per heavy atom. The van der Waals surface area contributed by atoms with Crippen molar-refractivity contribution in [2.24, 2.45) is 5.73 Å². The van der Waals surface area contributed by atoms with Gasteiger partial charge in [0.15, 0.2) is 0 Å². The first kappa shape index (κ1) is 21.2. The fourth-order valence-electron chi connectivity index (χ4n) is 3.29. The van der Waals surface area contributed by atoms with Crippen LogP contribution >= 0.6 is 11.3 Å². The molecule has 0 aliphatic carbocycles. The van der Waals surface area contributed by atoms with Gasteiger partial charge in [0.05, 0.1) is 16.0 Å². The van der Waals surface area contributed by atoms with Gasteiger partial charge in [-0.05, 0) is 41.8 Å². The molecule has 4 aromatic rings. The molecule has 0 saturated heterocycles. The monoisotopic (exact) mass is 454 g/mol. The average molecular weight is 454 g/mol. The van der Waals surface area contributed by atoms with Crippen LogP contribution in [0, 0.1) is 11.6 Å². The number of aromatic nitrogens is 1. The molecule has 0 fully saturated rings. The number of aromatic amines is 1. The highest BCUT2D eigenvalue weighted by atomic mass is 32.1. The molecule has 0 aliphatic heterocycles. The molecule has 0 aliphatic rings. The van der Waals surface area contributed by atoms with E-state index in [0.29, 0.717) is 27.5 Å². The summed E-state index contributed by atoms with van der Waals surface area (Å²) < 4.78 is 27.2. The first-order valence-electron chi connectivity index (χ1n) is 9.29. The predicted octanol–water partition coefficient (Wildman–Crippen LogP) is 4.14. The van der Waals surface area contributed by atoms with Crippen molar-refractivity contribution in [1.29, 1.82) is 0 Å². The summed E-state index contributed by atoms with van der Waals surface area (Å²) in [6, 6.07) is 10.7. The van der Waals surface area contributed by atoms with E-state index in [-0.39, 0.29) is 16.9 Å². The summed E-state index contributed by atoms with van der Waals surface area (Å²) in [5, 5.41) is 4.83. The van der Waals surface area contributed by atoms with E-state index in [1.165, 1.54) is 23.3 Å². The minimum atomic E-state index is -0.975. The van der Waals surface area contributed by atoms with Crippen LogP contribution in [0.3, 0.4) is 0 Å². The van der Waals surface area contributed by atoms with Gasteiger partial charge in [-0.2, -0.15) is 0 Å². The molecule has 0 saturated carbocycles. The molecule has 32 heavy (non-hydrogen) atoms. The maximum absolute atomic E-state index is 14.0. The zero-order valence-electron chi connectivity index (χ0n) is 16.6. The number of benzene rings is 2. The lowest BCUT2D eigenvalue weighted by molar-refractivity contribution is 0.0984. The molecule has 7 nitrogen and oxygen atoms in total. The number of nitrogens with zero attached hydrogens (tertiary/aromatic N) is 1. The fraction of sp³-hybridized carbons (Fsp3) is 0.0455. The van der Waals surface area contributed by atoms with Crippen molar-refractivity contribution in [2.45, 2.75) is 0 Å². The van der Waals surface area contributed by atoms with Crippen LogP contribution in [0.25, 0.3) is 10.9 Å². The van der Waals surface area contributed by atoms with Crippen molar-refractivity contribution in [3.63, 3.8) is 0 Å². The van der Waals surface area contributed by atoms with Crippen LogP contribution in [0.2, 0.25) is 0 Å². The number of halogens is 2. The number of H-pyrrole nitrogens is 1. The molecule has 4 N–H and O–H groups in total. The first-order valence-corrected chi connectivity index (χ1v) is 10.2. The summed E-state index contributed by atoms with van der Waals surface area (Å²) in [5.41, 5.74) is 6.13. The van der Waals surface area contributed by atoms with E-state index in [4.69, 9.17) is 5.73 Å². The summed E-state index contributed by atoms with van der Waals surface area (Å²) >= 11 is 1.24. The van der Waals surface area contributed by atoms with Crippen LogP contribution in [0.15, 0.2) is 53.9 Å². The van der Waals surface area contributed by atoms with Gasteiger partial charge in [0.2, 0.25) is 0 Å². The molecular weight excluding hydrogens is 438 g/mol. The van der Waals surface area contributed by atoms with Crippen molar-refractivity contribution in [3.8, 4) is 0 Å². The van der Waals surface area contributed by atoms with Gasteiger partial charge >= 0.3 is 0 Å². The molecule has 162 valence electrons. The molecule has 0 bridgehead atoms. The molecule has 0 radical (unpaired) electrons. The van der Waals surface area contributed by atoms with Crippen molar-refractivity contribution in [1.82, 2.24) is 4.98 Å². The van der Waals surface area contributed by atoms with Crippen molar-refractivity contribution in [3.05, 3.63) is 81.5 Å². The second-order valence-corrected chi connectivity index (χ2v) is 7.84. The van der Waals surface area contributed by atoms with Crippen LogP contribution in [-0.4, -0.2) is 29.8 Å². The third-order valence-corrected chi connectivity index (χ3v) is 5.73. The highest BCUT2D eigenvalue weighted by Gasteiger charge is 2.22. The van der Waals surface area contributed by atoms with Crippen LogP contribution in [-0.2, 0) is 0 Å². The van der Waals surface area contributed by atoms with Crippen molar-refractivity contribution in [2.75, 3.05) is 17.3 Å². The molecule has 3 amide bonds. The number of nitrogens with one attached hydrogen (secondary N) is 2. The molecule has 0 spiro atoms. The highest BCUT2D eigenvalue weighted by molar-refractivity contribution is 7.12. The van der Waals surface area contributed by atoms with E-state index in [9.17, 15) is 23.2 Å². The SMILES string of the molecule is CN(C(=O)c1ccc(F)cc1F)c1ccc2c(C(N)=O)c(NC(=O)c3cccs3)[nH]c2c1. The van der Waals surface area contributed by atoms with E-state index >= 15 is 0 Å². The molecule has 2 aromatic heterocycles. The molecule has 4 rings (SSSR count). The number of thiophene rings is 1. The van der Waals surface area contributed by atoms with Gasteiger partial charge in [0.25, 0.3) is 17.7 Å². The summed E-state index contributed by atoms with van der Waals surface area (Å²) in [5.74, 6) is -3.48. The normalized spacial score (nSPS) is 10.8. The van der Waals surface area contributed by atoms with Gasteiger partial charge in [-0.3, -0.25) is 14.4 Å². The average Bonchev–Trinajstić information content (AvgIpc) is 3.40. The van der Waals surface area contributed by atoms with Crippen molar-refractivity contribution >= 4 is 51.5 Å². The zero-order valence-corrected chi connectivity index (χ0v) is 17.4. The number of hydrogen-bond donors (Lipinski definition) is 3. The van der Waals surface area contributed by atoms with E-state index < -0.39 is 29.4 Å². The number of fused-ring (bicyclic) bond motifs is 1. The predicted molar refractivity (Wildman–Crippen MR) is 118 cm³/mol. The number of rotatable bonds is 5. The summed E-state index contributed by atoms with van der Waals surface area (Å²) in [7, 11) is 1.43. The quantitative estimate of drug-likeness (QED) is 0.422. The smallest absolute Gasteiger partial charge is 0.266 e. The molecule has 0 unspecified atom stereocenters. The summed E-state index contributed by atoms with van der Waals surface area (Å²) in [6.45, 7) is 0. The van der Waals surface area contributed by atoms with Crippen LogP contribution < -0.4 is 16.0 Å². The van der Waals surface area contributed by atoms with Gasteiger partial charge in [-0.1, -0.05) is 6.07 Å². The number of carbonyl (C=O) groups is 3. The molecule has 2 heterocycles. The Balaban J connectivity index is 1.70. The Kier molecular flexibility index (Phi) is 5.45. The van der Waals surface area contributed by atoms with Crippen molar-refractivity contribution < 1.29 is 23.2 Å². The fourth-order valence-corrected chi connectivity index (χ4v) is 3.91. The molecule has 2 aromatic carbocycles. The molecule has 10 heteroatoms. The second kappa shape index (κ2) is 8.23. The molecular formula is C22H16F2N4O3S. The van der Waals surface area contributed by atoms with Gasteiger partial charge in [-0.25, -0.2) is 8.78 Å².